The monoisotopic (exact) mass is 400 g/mol. The van der Waals surface area contributed by atoms with Gasteiger partial charge in [-0.25, -0.2) is 9.18 Å². The fraction of sp³-hybridized carbons (Fsp3) is 0.545. The van der Waals surface area contributed by atoms with E-state index < -0.39 is 11.8 Å². The number of carbonyl (C=O) groups excluding carboxylic acids is 2. The molecule has 1 saturated heterocycles. The minimum absolute atomic E-state index is 0.146. The van der Waals surface area contributed by atoms with Gasteiger partial charge in [0, 0.05) is 36.4 Å². The number of hydrogen-bond donors (Lipinski definition) is 2. The van der Waals surface area contributed by atoms with Crippen molar-refractivity contribution in [2.45, 2.75) is 45.2 Å². The van der Waals surface area contributed by atoms with E-state index in [-0.39, 0.29) is 23.4 Å². The Bertz CT molecular complexity index is 872. The lowest BCUT2D eigenvalue weighted by molar-refractivity contribution is -0.121. The zero-order chi connectivity index (χ0) is 20.9. The van der Waals surface area contributed by atoms with Gasteiger partial charge < -0.3 is 20.9 Å². The second kappa shape index (κ2) is 7.04. The lowest BCUT2D eigenvalue weighted by Crippen LogP contribution is -2.59. The Morgan fingerprint density at radius 3 is 2.45 bits per heavy atom. The molecule has 1 aromatic carbocycles. The van der Waals surface area contributed by atoms with Gasteiger partial charge in [-0.2, -0.15) is 0 Å². The first-order valence-electron chi connectivity index (χ1n) is 10.3. The summed E-state index contributed by atoms with van der Waals surface area (Å²) in [4.78, 5) is 29.2. The molecule has 3 aliphatic rings. The number of amides is 3. The number of halogens is 1. The summed E-state index contributed by atoms with van der Waals surface area (Å²) in [7, 11) is 0. The number of primary amides is 1. The number of nitrogens with two attached hydrogens (primary N) is 1. The molecule has 156 valence electrons. The number of fused-ring (bicyclic) bond motifs is 1. The van der Waals surface area contributed by atoms with Crippen molar-refractivity contribution in [1.82, 2.24) is 15.1 Å². The molecular formula is C22H29FN4O2. The highest BCUT2D eigenvalue weighted by Crippen LogP contribution is 2.51. The van der Waals surface area contributed by atoms with E-state index in [4.69, 9.17) is 5.73 Å². The number of urea groups is 1. The Kier molecular flexibility index (Phi) is 4.79. The number of benzene rings is 1. The Labute approximate surface area is 170 Å². The average Bonchev–Trinajstić information content (AvgIpc) is 3.40. The third kappa shape index (κ3) is 3.70. The van der Waals surface area contributed by atoms with Crippen molar-refractivity contribution in [3.63, 3.8) is 0 Å². The summed E-state index contributed by atoms with van der Waals surface area (Å²) in [6.45, 7) is 7.38. The fourth-order valence-electron chi connectivity index (χ4n) is 4.61. The summed E-state index contributed by atoms with van der Waals surface area (Å²) in [6, 6.07) is 6.19. The van der Waals surface area contributed by atoms with Crippen molar-refractivity contribution in [2.75, 3.05) is 19.6 Å². The minimum Gasteiger partial charge on any atom is -0.369 e. The normalized spacial score (nSPS) is 24.6. The molecule has 1 aliphatic carbocycles. The summed E-state index contributed by atoms with van der Waals surface area (Å²) < 4.78 is 14.7. The molecule has 2 heterocycles. The smallest absolute Gasteiger partial charge is 0.317 e. The molecule has 0 radical (unpaired) electrons. The third-order valence-electron chi connectivity index (χ3n) is 5.90. The average molecular weight is 400 g/mol. The van der Waals surface area contributed by atoms with Crippen LogP contribution in [0, 0.1) is 17.7 Å². The van der Waals surface area contributed by atoms with Crippen molar-refractivity contribution in [1.29, 1.82) is 0 Å². The van der Waals surface area contributed by atoms with Crippen LogP contribution in [-0.4, -0.2) is 53.0 Å². The van der Waals surface area contributed by atoms with Gasteiger partial charge in [-0.3, -0.25) is 4.79 Å². The van der Waals surface area contributed by atoms with Gasteiger partial charge in [-0.05, 0) is 51.2 Å². The molecular weight excluding hydrogens is 371 g/mol. The molecule has 29 heavy (non-hydrogen) atoms. The Hall–Kier alpha value is -2.57. The molecule has 4 rings (SSSR count). The Balaban J connectivity index is 1.70. The standard InChI is InChI=1S/C22H29FN4O2/c1-22(2,3)25-21(29)26-10-11-27-16(12-26)18(20(24)28)17(19(27)13-8-9-13)14-6-4-5-7-15(14)23/h4-7,13,16,18H,8-12H2,1-3H3,(H2,24,28)(H,25,29). The van der Waals surface area contributed by atoms with Crippen molar-refractivity contribution in [3.05, 3.63) is 41.3 Å². The fourth-order valence-corrected chi connectivity index (χ4v) is 4.61. The quantitative estimate of drug-likeness (QED) is 0.819. The number of carbonyl (C=O) groups is 2. The molecule has 3 amide bonds. The predicted molar refractivity (Wildman–Crippen MR) is 109 cm³/mol. The highest BCUT2D eigenvalue weighted by atomic mass is 19.1. The molecule has 1 aromatic rings. The number of allylic oxidation sites excluding steroid dienone is 1. The lowest BCUT2D eigenvalue weighted by atomic mass is 9.87. The van der Waals surface area contributed by atoms with Crippen LogP contribution in [-0.2, 0) is 4.79 Å². The van der Waals surface area contributed by atoms with E-state index in [0.29, 0.717) is 31.1 Å². The van der Waals surface area contributed by atoms with Gasteiger partial charge in [-0.1, -0.05) is 18.2 Å². The summed E-state index contributed by atoms with van der Waals surface area (Å²) in [6.07, 6.45) is 2.08. The first kappa shape index (κ1) is 19.7. The van der Waals surface area contributed by atoms with Gasteiger partial charge in [0.25, 0.3) is 0 Å². The van der Waals surface area contributed by atoms with E-state index in [9.17, 15) is 14.0 Å². The third-order valence-corrected chi connectivity index (χ3v) is 5.90. The first-order valence-corrected chi connectivity index (χ1v) is 10.3. The highest BCUT2D eigenvalue weighted by Gasteiger charge is 2.51. The molecule has 7 heteroatoms. The predicted octanol–water partition coefficient (Wildman–Crippen LogP) is 2.56. The van der Waals surface area contributed by atoms with E-state index in [1.165, 1.54) is 6.07 Å². The van der Waals surface area contributed by atoms with Crippen LogP contribution in [0.15, 0.2) is 30.0 Å². The van der Waals surface area contributed by atoms with E-state index in [2.05, 4.69) is 10.2 Å². The van der Waals surface area contributed by atoms with Crippen LogP contribution >= 0.6 is 0 Å². The Morgan fingerprint density at radius 1 is 1.17 bits per heavy atom. The maximum atomic E-state index is 14.7. The van der Waals surface area contributed by atoms with Crippen LogP contribution in [0.2, 0.25) is 0 Å². The van der Waals surface area contributed by atoms with Crippen LogP contribution in [0.3, 0.4) is 0 Å². The summed E-state index contributed by atoms with van der Waals surface area (Å²) in [5, 5.41) is 2.99. The van der Waals surface area contributed by atoms with Crippen LogP contribution in [0.1, 0.15) is 39.2 Å². The number of nitrogens with one attached hydrogen (secondary N) is 1. The van der Waals surface area contributed by atoms with Crippen LogP contribution in [0.4, 0.5) is 9.18 Å². The van der Waals surface area contributed by atoms with Crippen molar-refractivity contribution in [2.24, 2.45) is 17.6 Å². The topological polar surface area (TPSA) is 78.7 Å². The van der Waals surface area contributed by atoms with Gasteiger partial charge in [0.2, 0.25) is 5.91 Å². The molecule has 2 unspecified atom stereocenters. The summed E-state index contributed by atoms with van der Waals surface area (Å²) in [5.74, 6) is -1.10. The molecule has 0 aromatic heterocycles. The van der Waals surface area contributed by atoms with Crippen LogP contribution in [0.5, 0.6) is 0 Å². The van der Waals surface area contributed by atoms with Gasteiger partial charge in [-0.15, -0.1) is 0 Å². The molecule has 2 aliphatic heterocycles. The molecule has 0 bridgehead atoms. The van der Waals surface area contributed by atoms with Crippen LogP contribution in [0.25, 0.3) is 5.57 Å². The maximum Gasteiger partial charge on any atom is 0.317 e. The maximum absolute atomic E-state index is 14.7. The second-order valence-electron chi connectivity index (χ2n) is 9.32. The largest absolute Gasteiger partial charge is 0.369 e. The Morgan fingerprint density at radius 2 is 1.86 bits per heavy atom. The van der Waals surface area contributed by atoms with Gasteiger partial charge in [0.1, 0.15) is 5.82 Å². The van der Waals surface area contributed by atoms with E-state index >= 15 is 0 Å². The summed E-state index contributed by atoms with van der Waals surface area (Å²) >= 11 is 0. The number of rotatable bonds is 3. The zero-order valence-electron chi connectivity index (χ0n) is 17.2. The molecule has 0 spiro atoms. The molecule has 2 fully saturated rings. The van der Waals surface area contributed by atoms with Crippen molar-refractivity contribution >= 4 is 17.5 Å². The zero-order valence-corrected chi connectivity index (χ0v) is 17.2. The highest BCUT2D eigenvalue weighted by molar-refractivity contribution is 5.94. The van der Waals surface area contributed by atoms with Gasteiger partial charge >= 0.3 is 6.03 Å². The molecule has 6 nitrogen and oxygen atoms in total. The van der Waals surface area contributed by atoms with E-state index in [1.54, 1.807) is 23.1 Å². The van der Waals surface area contributed by atoms with Gasteiger partial charge in [0.05, 0.1) is 12.0 Å². The second-order valence-corrected chi connectivity index (χ2v) is 9.32. The molecule has 2 atom stereocenters. The number of hydrogen-bond acceptors (Lipinski definition) is 3. The van der Waals surface area contributed by atoms with E-state index in [0.717, 1.165) is 24.1 Å². The minimum atomic E-state index is -0.632. The molecule has 1 saturated carbocycles. The lowest BCUT2D eigenvalue weighted by Gasteiger charge is -2.42. The van der Waals surface area contributed by atoms with Crippen molar-refractivity contribution in [3.8, 4) is 0 Å². The molecule has 3 N–H and O–H groups in total. The first-order chi connectivity index (χ1) is 13.7. The SMILES string of the molecule is CC(C)(C)NC(=O)N1CCN2C(C3CC3)=C(c3ccccc3F)C(C(N)=O)C2C1. The number of nitrogens with zero attached hydrogens (tertiary/aromatic N) is 2. The van der Waals surface area contributed by atoms with Gasteiger partial charge in [0.15, 0.2) is 0 Å². The summed E-state index contributed by atoms with van der Waals surface area (Å²) in [5.41, 5.74) is 7.74. The van der Waals surface area contributed by atoms with Crippen molar-refractivity contribution < 1.29 is 14.0 Å². The van der Waals surface area contributed by atoms with Crippen LogP contribution < -0.4 is 11.1 Å². The number of piperazine rings is 1. The van der Waals surface area contributed by atoms with E-state index in [1.807, 2.05) is 20.8 Å².